The van der Waals surface area contributed by atoms with Gasteiger partial charge in [0.2, 0.25) is 0 Å². The molecule has 2 aromatic carbocycles. The van der Waals surface area contributed by atoms with E-state index in [9.17, 15) is 0 Å². The molecule has 0 fully saturated rings. The molecule has 18 heavy (non-hydrogen) atoms. The molecule has 0 saturated carbocycles. The maximum Gasteiger partial charge on any atom is 0.128 e. The zero-order valence-corrected chi connectivity index (χ0v) is 10.3. The SMILES string of the molecule is COc1ccc(OC)c2c1cnc1ccccc12. The van der Waals surface area contributed by atoms with Crippen LogP contribution in [-0.2, 0) is 0 Å². The lowest BCUT2D eigenvalue weighted by Crippen LogP contribution is -1.91. The van der Waals surface area contributed by atoms with Gasteiger partial charge in [-0.2, -0.15) is 0 Å². The van der Waals surface area contributed by atoms with Gasteiger partial charge in [0.25, 0.3) is 0 Å². The van der Waals surface area contributed by atoms with Crippen molar-refractivity contribution in [3.8, 4) is 11.5 Å². The van der Waals surface area contributed by atoms with Crippen molar-refractivity contribution >= 4 is 21.7 Å². The van der Waals surface area contributed by atoms with Crippen molar-refractivity contribution in [1.29, 1.82) is 0 Å². The van der Waals surface area contributed by atoms with Crippen LogP contribution in [0.4, 0.5) is 0 Å². The molecule has 3 heteroatoms. The summed E-state index contributed by atoms with van der Waals surface area (Å²) in [5.74, 6) is 1.65. The summed E-state index contributed by atoms with van der Waals surface area (Å²) in [5.41, 5.74) is 0.955. The molecule has 1 heterocycles. The summed E-state index contributed by atoms with van der Waals surface area (Å²) >= 11 is 0. The first-order valence-corrected chi connectivity index (χ1v) is 5.73. The van der Waals surface area contributed by atoms with Gasteiger partial charge in [-0.05, 0) is 18.2 Å². The van der Waals surface area contributed by atoms with Crippen LogP contribution in [0.15, 0.2) is 42.6 Å². The summed E-state index contributed by atoms with van der Waals surface area (Å²) < 4.78 is 10.8. The van der Waals surface area contributed by atoms with Crippen LogP contribution in [-0.4, -0.2) is 19.2 Å². The molecule has 0 spiro atoms. The normalized spacial score (nSPS) is 10.8. The molecule has 0 unspecified atom stereocenters. The van der Waals surface area contributed by atoms with E-state index in [2.05, 4.69) is 4.98 Å². The summed E-state index contributed by atoms with van der Waals surface area (Å²) in [6.45, 7) is 0. The van der Waals surface area contributed by atoms with Gasteiger partial charge in [-0.15, -0.1) is 0 Å². The molecule has 0 saturated heterocycles. The van der Waals surface area contributed by atoms with Crippen LogP contribution >= 0.6 is 0 Å². The van der Waals surface area contributed by atoms with Crippen LogP contribution in [0.2, 0.25) is 0 Å². The highest BCUT2D eigenvalue weighted by molar-refractivity contribution is 6.10. The maximum absolute atomic E-state index is 5.45. The minimum absolute atomic E-state index is 0.809. The Morgan fingerprint density at radius 2 is 1.56 bits per heavy atom. The number of hydrogen-bond acceptors (Lipinski definition) is 3. The molecule has 1 aromatic heterocycles. The number of fused-ring (bicyclic) bond motifs is 3. The molecule has 3 rings (SSSR count). The van der Waals surface area contributed by atoms with Gasteiger partial charge in [0.15, 0.2) is 0 Å². The highest BCUT2D eigenvalue weighted by atomic mass is 16.5. The fourth-order valence-electron chi connectivity index (χ4n) is 2.27. The Hall–Kier alpha value is -2.29. The molecule has 90 valence electrons. The van der Waals surface area contributed by atoms with Crippen LogP contribution < -0.4 is 9.47 Å². The molecule has 0 radical (unpaired) electrons. The Labute approximate surface area is 105 Å². The van der Waals surface area contributed by atoms with Gasteiger partial charge in [-0.1, -0.05) is 18.2 Å². The molecule has 0 bridgehead atoms. The number of ether oxygens (including phenoxy) is 2. The van der Waals surface area contributed by atoms with E-state index in [1.807, 2.05) is 42.6 Å². The molecule has 3 aromatic rings. The number of benzene rings is 2. The van der Waals surface area contributed by atoms with E-state index in [4.69, 9.17) is 9.47 Å². The van der Waals surface area contributed by atoms with Crippen LogP contribution in [0.1, 0.15) is 0 Å². The third kappa shape index (κ3) is 1.48. The zero-order chi connectivity index (χ0) is 12.5. The van der Waals surface area contributed by atoms with Crippen LogP contribution in [0.3, 0.4) is 0 Å². The Bertz CT molecular complexity index is 722. The van der Waals surface area contributed by atoms with Crippen molar-refractivity contribution < 1.29 is 9.47 Å². The summed E-state index contributed by atoms with van der Waals surface area (Å²) in [6.07, 6.45) is 1.83. The van der Waals surface area contributed by atoms with E-state index in [0.29, 0.717) is 0 Å². The predicted octanol–water partition coefficient (Wildman–Crippen LogP) is 3.41. The van der Waals surface area contributed by atoms with Crippen LogP contribution in [0, 0.1) is 0 Å². The van der Waals surface area contributed by atoms with E-state index in [-0.39, 0.29) is 0 Å². The van der Waals surface area contributed by atoms with Crippen molar-refractivity contribution in [1.82, 2.24) is 4.98 Å². The average molecular weight is 239 g/mol. The molecule has 0 aliphatic carbocycles. The molecular formula is C15H13NO2. The van der Waals surface area contributed by atoms with Crippen LogP contribution in [0.25, 0.3) is 21.7 Å². The van der Waals surface area contributed by atoms with Gasteiger partial charge < -0.3 is 9.47 Å². The fourth-order valence-corrected chi connectivity index (χ4v) is 2.27. The highest BCUT2D eigenvalue weighted by Gasteiger charge is 2.10. The van der Waals surface area contributed by atoms with Crippen molar-refractivity contribution in [2.45, 2.75) is 0 Å². The van der Waals surface area contributed by atoms with Gasteiger partial charge >= 0.3 is 0 Å². The van der Waals surface area contributed by atoms with Gasteiger partial charge in [0.05, 0.1) is 19.7 Å². The lowest BCUT2D eigenvalue weighted by atomic mass is 10.1. The summed E-state index contributed by atoms with van der Waals surface area (Å²) in [4.78, 5) is 4.46. The first-order valence-electron chi connectivity index (χ1n) is 5.73. The van der Waals surface area contributed by atoms with Gasteiger partial charge in [-0.25, -0.2) is 0 Å². The fraction of sp³-hybridized carbons (Fsp3) is 0.133. The maximum atomic E-state index is 5.45. The topological polar surface area (TPSA) is 31.4 Å². The minimum Gasteiger partial charge on any atom is -0.496 e. The second-order valence-corrected chi connectivity index (χ2v) is 4.03. The minimum atomic E-state index is 0.809. The van der Waals surface area contributed by atoms with Gasteiger partial charge in [-0.3, -0.25) is 4.98 Å². The largest absolute Gasteiger partial charge is 0.496 e. The van der Waals surface area contributed by atoms with Crippen LogP contribution in [0.5, 0.6) is 11.5 Å². The van der Waals surface area contributed by atoms with Gasteiger partial charge in [0, 0.05) is 22.4 Å². The molecule has 0 amide bonds. The number of hydrogen-bond donors (Lipinski definition) is 0. The number of aromatic nitrogens is 1. The highest BCUT2D eigenvalue weighted by Crippen LogP contribution is 2.36. The number of para-hydroxylation sites is 1. The van der Waals surface area contributed by atoms with Crippen molar-refractivity contribution in [2.24, 2.45) is 0 Å². The standard InChI is InChI=1S/C15H13NO2/c1-17-13-7-8-14(18-2)15-10-5-3-4-6-12(10)16-9-11(13)15/h3-9H,1-2H3. The Morgan fingerprint density at radius 1 is 0.833 bits per heavy atom. The van der Waals surface area contributed by atoms with E-state index in [1.165, 1.54) is 0 Å². The summed E-state index contributed by atoms with van der Waals surface area (Å²) in [5, 5.41) is 3.09. The number of rotatable bonds is 2. The number of methoxy groups -OCH3 is 2. The quantitative estimate of drug-likeness (QED) is 0.642. The Balaban J connectivity index is 2.54. The van der Waals surface area contributed by atoms with Crippen molar-refractivity contribution in [3.05, 3.63) is 42.6 Å². The Morgan fingerprint density at radius 3 is 2.33 bits per heavy atom. The second kappa shape index (κ2) is 4.18. The van der Waals surface area contributed by atoms with Crippen molar-refractivity contribution in [3.63, 3.8) is 0 Å². The third-order valence-corrected chi connectivity index (χ3v) is 3.11. The third-order valence-electron chi connectivity index (χ3n) is 3.11. The second-order valence-electron chi connectivity index (χ2n) is 4.03. The summed E-state index contributed by atoms with van der Waals surface area (Å²) in [7, 11) is 3.34. The first kappa shape index (κ1) is 10.8. The number of nitrogens with zero attached hydrogens (tertiary/aromatic N) is 1. The molecular weight excluding hydrogens is 226 g/mol. The van der Waals surface area contributed by atoms with E-state index < -0.39 is 0 Å². The average Bonchev–Trinajstić information content (AvgIpc) is 2.45. The predicted molar refractivity (Wildman–Crippen MR) is 72.4 cm³/mol. The van der Waals surface area contributed by atoms with E-state index in [0.717, 1.165) is 33.2 Å². The van der Waals surface area contributed by atoms with E-state index >= 15 is 0 Å². The molecule has 0 N–H and O–H groups in total. The summed E-state index contributed by atoms with van der Waals surface area (Å²) in [6, 6.07) is 11.8. The monoisotopic (exact) mass is 239 g/mol. The lowest BCUT2D eigenvalue weighted by molar-refractivity contribution is 0.410. The smallest absolute Gasteiger partial charge is 0.128 e. The number of pyridine rings is 1. The lowest BCUT2D eigenvalue weighted by Gasteiger charge is -2.11. The molecule has 3 nitrogen and oxygen atoms in total. The molecule has 0 aliphatic rings. The molecule has 0 aliphatic heterocycles. The van der Waals surface area contributed by atoms with Crippen molar-refractivity contribution in [2.75, 3.05) is 14.2 Å². The zero-order valence-electron chi connectivity index (χ0n) is 10.3. The molecule has 0 atom stereocenters. The first-order chi connectivity index (χ1) is 8.85. The van der Waals surface area contributed by atoms with Gasteiger partial charge in [0.1, 0.15) is 11.5 Å². The van der Waals surface area contributed by atoms with E-state index in [1.54, 1.807) is 14.2 Å². The Kier molecular flexibility index (Phi) is 2.52.